The average Bonchev–Trinajstić information content (AvgIpc) is 2.06. The first kappa shape index (κ1) is 12.8. The Balaban J connectivity index is 0.00000144. The van der Waals surface area contributed by atoms with Crippen molar-refractivity contribution in [2.45, 2.75) is 13.3 Å². The fourth-order valence-electron chi connectivity index (χ4n) is 0.908. The largest absolute Gasteiger partial charge is 0.466 e. The smallest absolute Gasteiger partial charge is 0.308 e. The molecule has 0 amide bonds. The van der Waals surface area contributed by atoms with Crippen LogP contribution in [0.5, 0.6) is 0 Å². The number of carbonyl (C=O) groups is 1. The number of hydrogen-bond acceptors (Lipinski definition) is 2. The van der Waals surface area contributed by atoms with E-state index in [1.54, 1.807) is 13.0 Å². The third-order valence-corrected chi connectivity index (χ3v) is 1.41. The van der Waals surface area contributed by atoms with E-state index in [-0.39, 0.29) is 38.7 Å². The van der Waals surface area contributed by atoms with E-state index in [2.05, 4.69) is 6.07 Å². The van der Waals surface area contributed by atoms with Crippen LogP contribution in [0.3, 0.4) is 0 Å². The van der Waals surface area contributed by atoms with Crippen LogP contribution in [0.15, 0.2) is 24.3 Å². The minimum atomic E-state index is -0.194. The Morgan fingerprint density at radius 3 is 2.85 bits per heavy atom. The maximum atomic E-state index is 11.0. The molecule has 1 rings (SSSR count). The van der Waals surface area contributed by atoms with Gasteiger partial charge in [-0.3, -0.25) is 4.79 Å². The summed E-state index contributed by atoms with van der Waals surface area (Å²) in [6.07, 6.45) is 0.314. The van der Waals surface area contributed by atoms with E-state index < -0.39 is 0 Å². The van der Waals surface area contributed by atoms with Gasteiger partial charge in [-0.05, 0) is 6.92 Å². The second-order valence-corrected chi connectivity index (χ2v) is 2.37. The number of ether oxygens (including phenoxy) is 1. The second-order valence-electron chi connectivity index (χ2n) is 2.37. The average molecular weight is 252 g/mol. The van der Waals surface area contributed by atoms with Gasteiger partial charge in [0.2, 0.25) is 0 Å². The summed E-state index contributed by atoms with van der Waals surface area (Å²) in [7, 11) is 0. The first-order valence-electron chi connectivity index (χ1n) is 3.94. The summed E-state index contributed by atoms with van der Waals surface area (Å²) >= 11 is 0. The van der Waals surface area contributed by atoms with Crippen molar-refractivity contribution in [1.82, 2.24) is 0 Å². The van der Waals surface area contributed by atoms with Gasteiger partial charge in [0.1, 0.15) is 0 Å². The predicted octanol–water partition coefficient (Wildman–Crippen LogP) is 1.59. The molecule has 0 unspecified atom stereocenters. The molecule has 0 heterocycles. The first-order valence-corrected chi connectivity index (χ1v) is 3.94. The zero-order valence-corrected chi connectivity index (χ0v) is 10.5. The molecular formula is C10H11O2Y-. The van der Waals surface area contributed by atoms with Crippen molar-refractivity contribution >= 4 is 5.97 Å². The molecule has 0 fully saturated rings. The van der Waals surface area contributed by atoms with E-state index in [1.165, 1.54) is 0 Å². The van der Waals surface area contributed by atoms with Gasteiger partial charge in [0.25, 0.3) is 0 Å². The van der Waals surface area contributed by atoms with E-state index >= 15 is 0 Å². The van der Waals surface area contributed by atoms with Crippen molar-refractivity contribution in [2.24, 2.45) is 0 Å². The van der Waals surface area contributed by atoms with Crippen molar-refractivity contribution in [3.05, 3.63) is 35.9 Å². The fraction of sp³-hybridized carbons (Fsp3) is 0.300. The third-order valence-electron chi connectivity index (χ3n) is 1.41. The Morgan fingerprint density at radius 2 is 2.31 bits per heavy atom. The van der Waals surface area contributed by atoms with Crippen LogP contribution in [0.4, 0.5) is 0 Å². The summed E-state index contributed by atoms with van der Waals surface area (Å²) in [5.41, 5.74) is 0.871. The van der Waals surface area contributed by atoms with Crippen LogP contribution in [-0.4, -0.2) is 12.6 Å². The number of carbonyl (C=O) groups excluding carboxylic acids is 1. The van der Waals surface area contributed by atoms with Crippen LogP contribution in [0.2, 0.25) is 0 Å². The molecule has 0 aliphatic rings. The van der Waals surface area contributed by atoms with Gasteiger partial charge in [0, 0.05) is 39.1 Å². The molecule has 1 aromatic carbocycles. The Morgan fingerprint density at radius 1 is 1.54 bits per heavy atom. The van der Waals surface area contributed by atoms with Gasteiger partial charge in [-0.1, -0.05) is 0 Å². The summed E-state index contributed by atoms with van der Waals surface area (Å²) in [4.78, 5) is 11.0. The molecule has 67 valence electrons. The van der Waals surface area contributed by atoms with Crippen LogP contribution in [0, 0.1) is 6.07 Å². The molecule has 0 aliphatic heterocycles. The van der Waals surface area contributed by atoms with E-state index in [4.69, 9.17) is 4.74 Å². The van der Waals surface area contributed by atoms with Gasteiger partial charge in [0.05, 0.1) is 6.61 Å². The zero-order valence-electron chi connectivity index (χ0n) is 7.62. The Labute approximate surface area is 104 Å². The molecule has 0 aliphatic carbocycles. The maximum Gasteiger partial charge on any atom is 0.308 e. The monoisotopic (exact) mass is 252 g/mol. The third kappa shape index (κ3) is 5.17. The van der Waals surface area contributed by atoms with E-state index in [9.17, 15) is 4.79 Å². The molecule has 2 nitrogen and oxygen atoms in total. The van der Waals surface area contributed by atoms with Crippen LogP contribution < -0.4 is 0 Å². The number of hydrogen-bond donors (Lipinski definition) is 0. The second kappa shape index (κ2) is 7.22. The van der Waals surface area contributed by atoms with Gasteiger partial charge in [-0.2, -0.15) is 35.9 Å². The minimum Gasteiger partial charge on any atom is -0.466 e. The van der Waals surface area contributed by atoms with Crippen molar-refractivity contribution in [3.8, 4) is 0 Å². The summed E-state index contributed by atoms with van der Waals surface area (Å²) in [5.74, 6) is -0.194. The molecule has 0 saturated heterocycles. The summed E-state index contributed by atoms with van der Waals surface area (Å²) in [5, 5.41) is 0. The topological polar surface area (TPSA) is 26.3 Å². The van der Waals surface area contributed by atoms with Crippen LogP contribution >= 0.6 is 0 Å². The molecule has 13 heavy (non-hydrogen) atoms. The molecule has 0 saturated carbocycles. The molecular weight excluding hydrogens is 241 g/mol. The van der Waals surface area contributed by atoms with E-state index in [0.29, 0.717) is 13.0 Å². The van der Waals surface area contributed by atoms with Gasteiger partial charge >= 0.3 is 5.97 Å². The van der Waals surface area contributed by atoms with Crippen LogP contribution in [-0.2, 0) is 48.7 Å². The number of esters is 1. The minimum absolute atomic E-state index is 0. The molecule has 0 N–H and O–H groups in total. The summed E-state index contributed by atoms with van der Waals surface area (Å²) < 4.78 is 4.79. The molecule has 1 aromatic rings. The number of benzene rings is 1. The Hall–Kier alpha value is -0.206. The molecule has 3 heteroatoms. The Kier molecular flexibility index (Phi) is 7.11. The van der Waals surface area contributed by atoms with Gasteiger partial charge < -0.3 is 4.74 Å². The summed E-state index contributed by atoms with van der Waals surface area (Å²) in [6.45, 7) is 2.23. The molecule has 0 aromatic heterocycles. The standard InChI is InChI=1S/C10H11O2.Y/c1-2-12-10(11)8-9-6-4-3-5-7-9;/h3-6H,2,8H2,1H3;/q-1;. The zero-order chi connectivity index (χ0) is 8.81. The van der Waals surface area contributed by atoms with E-state index in [1.807, 2.05) is 18.2 Å². The normalized spacial score (nSPS) is 8.69. The predicted molar refractivity (Wildman–Crippen MR) is 45.6 cm³/mol. The van der Waals surface area contributed by atoms with Crippen LogP contribution in [0.25, 0.3) is 0 Å². The quantitative estimate of drug-likeness (QED) is 0.603. The summed E-state index contributed by atoms with van der Waals surface area (Å²) in [6, 6.07) is 10.4. The van der Waals surface area contributed by atoms with Gasteiger partial charge in [-0.25, -0.2) is 0 Å². The molecule has 0 bridgehead atoms. The Bertz CT molecular complexity index is 246. The van der Waals surface area contributed by atoms with Crippen molar-refractivity contribution in [3.63, 3.8) is 0 Å². The van der Waals surface area contributed by atoms with Gasteiger partial charge in [0.15, 0.2) is 0 Å². The van der Waals surface area contributed by atoms with Crippen LogP contribution in [0.1, 0.15) is 12.5 Å². The van der Waals surface area contributed by atoms with E-state index in [0.717, 1.165) is 5.56 Å². The fourth-order valence-corrected chi connectivity index (χ4v) is 0.908. The van der Waals surface area contributed by atoms with Crippen molar-refractivity contribution < 1.29 is 42.2 Å². The molecule has 0 atom stereocenters. The first-order chi connectivity index (χ1) is 5.83. The SMILES string of the molecule is CCOC(=O)Cc1[c-]cccc1.[Y]. The van der Waals surface area contributed by atoms with Gasteiger partial charge in [-0.15, -0.1) is 0 Å². The van der Waals surface area contributed by atoms with Crippen molar-refractivity contribution in [1.29, 1.82) is 0 Å². The maximum absolute atomic E-state index is 11.0. The number of rotatable bonds is 3. The molecule has 1 radical (unpaired) electrons. The molecule has 0 spiro atoms. The van der Waals surface area contributed by atoms with Crippen molar-refractivity contribution in [2.75, 3.05) is 6.61 Å².